The van der Waals surface area contributed by atoms with Crippen LogP contribution in [0.4, 0.5) is 5.69 Å². The number of nitrogens with one attached hydrogen (secondary N) is 2. The van der Waals surface area contributed by atoms with E-state index in [2.05, 4.69) is 39.9 Å². The highest BCUT2D eigenvalue weighted by atomic mass is 16.2. The van der Waals surface area contributed by atoms with E-state index < -0.39 is 0 Å². The Bertz CT molecular complexity index is 787. The van der Waals surface area contributed by atoms with Gasteiger partial charge in [-0.05, 0) is 28.8 Å². The molecule has 5 heteroatoms. The predicted octanol–water partition coefficient (Wildman–Crippen LogP) is 1.63. The van der Waals surface area contributed by atoms with Gasteiger partial charge in [0.15, 0.2) is 0 Å². The summed E-state index contributed by atoms with van der Waals surface area (Å²) in [5.41, 5.74) is 9.97. The molecule has 4 rings (SSSR count). The molecule has 4 N–H and O–H groups in total. The first-order chi connectivity index (χ1) is 11.8. The molecule has 0 aromatic heterocycles. The number of benzene rings is 2. The van der Waals surface area contributed by atoms with Crippen LogP contribution >= 0.6 is 0 Å². The van der Waals surface area contributed by atoms with Gasteiger partial charge in [-0.3, -0.25) is 10.1 Å². The van der Waals surface area contributed by atoms with Crippen molar-refractivity contribution in [3.05, 3.63) is 71.9 Å². The Labute approximate surface area is 141 Å². The smallest absolute Gasteiger partial charge is 0.232 e. The summed E-state index contributed by atoms with van der Waals surface area (Å²) in [5, 5.41) is 6.32. The molecule has 5 nitrogen and oxygen atoms in total. The van der Waals surface area contributed by atoms with Gasteiger partial charge in [-0.25, -0.2) is 0 Å². The molecule has 0 radical (unpaired) electrons. The molecule has 1 fully saturated rings. The third kappa shape index (κ3) is 2.48. The van der Waals surface area contributed by atoms with Crippen LogP contribution in [0.5, 0.6) is 0 Å². The number of carbonyl (C=O) groups is 1. The lowest BCUT2D eigenvalue weighted by molar-refractivity contribution is -0.125. The number of hydrogen-bond donors (Lipinski definition) is 3. The van der Waals surface area contributed by atoms with Gasteiger partial charge in [-0.15, -0.1) is 0 Å². The van der Waals surface area contributed by atoms with Gasteiger partial charge in [0.05, 0.1) is 12.6 Å². The molecule has 0 aliphatic carbocycles. The van der Waals surface area contributed by atoms with Crippen LogP contribution < -0.4 is 21.3 Å². The Hall–Kier alpha value is -2.63. The maximum Gasteiger partial charge on any atom is 0.232 e. The first-order valence-corrected chi connectivity index (χ1v) is 8.13. The molecular weight excluding hydrogens is 300 g/mol. The summed E-state index contributed by atoms with van der Waals surface area (Å²) in [5.74, 6) is -0.187. The topological polar surface area (TPSA) is 70.4 Å². The predicted molar refractivity (Wildman–Crippen MR) is 94.7 cm³/mol. The lowest BCUT2D eigenvalue weighted by Gasteiger charge is -2.34. The van der Waals surface area contributed by atoms with Crippen LogP contribution in [0.3, 0.4) is 0 Å². The number of anilines is 1. The second kappa shape index (κ2) is 6.11. The monoisotopic (exact) mass is 320 g/mol. The number of hydrogen-bond acceptors (Lipinski definition) is 4. The fourth-order valence-corrected chi connectivity index (χ4v) is 3.46. The Morgan fingerprint density at radius 3 is 2.75 bits per heavy atom. The van der Waals surface area contributed by atoms with E-state index in [9.17, 15) is 4.79 Å². The van der Waals surface area contributed by atoms with E-state index in [-0.39, 0.29) is 18.0 Å². The number of carbonyl (C=O) groups excluding carboxylic acids is 1. The summed E-state index contributed by atoms with van der Waals surface area (Å²) in [6.45, 7) is 0.968. The van der Waals surface area contributed by atoms with E-state index >= 15 is 0 Å². The number of amides is 1. The summed E-state index contributed by atoms with van der Waals surface area (Å²) in [4.78, 5) is 14.7. The van der Waals surface area contributed by atoms with Crippen LogP contribution in [-0.2, 0) is 11.3 Å². The summed E-state index contributed by atoms with van der Waals surface area (Å²) >= 11 is 0. The highest BCUT2D eigenvalue weighted by Gasteiger charge is 2.43. The van der Waals surface area contributed by atoms with Gasteiger partial charge >= 0.3 is 0 Å². The van der Waals surface area contributed by atoms with E-state index in [0.29, 0.717) is 13.2 Å². The molecule has 2 heterocycles. The van der Waals surface area contributed by atoms with Crippen LogP contribution in [0.1, 0.15) is 11.1 Å². The molecule has 0 spiro atoms. The van der Waals surface area contributed by atoms with Crippen LogP contribution in [0.25, 0.3) is 5.57 Å². The Morgan fingerprint density at radius 2 is 1.96 bits per heavy atom. The molecule has 1 amide bonds. The molecule has 24 heavy (non-hydrogen) atoms. The minimum absolute atomic E-state index is 0.0570. The molecule has 122 valence electrons. The fourth-order valence-electron chi connectivity index (χ4n) is 3.46. The number of nitrogens with two attached hydrogens (primary N) is 1. The quantitative estimate of drug-likeness (QED) is 0.804. The fraction of sp³-hybridized carbons (Fsp3) is 0.211. The minimum atomic E-state index is -0.244. The SMILES string of the molecule is NCc1cccc(C2=CN(c3ccccc3)C3NCNC(=O)C23)c1. The lowest BCUT2D eigenvalue weighted by Crippen LogP contribution is -2.58. The molecule has 1 saturated heterocycles. The van der Waals surface area contributed by atoms with Gasteiger partial charge in [0.25, 0.3) is 0 Å². The van der Waals surface area contributed by atoms with Gasteiger partial charge in [-0.2, -0.15) is 0 Å². The normalized spacial score (nSPS) is 22.8. The van der Waals surface area contributed by atoms with Crippen molar-refractivity contribution in [2.24, 2.45) is 11.7 Å². The van der Waals surface area contributed by atoms with E-state index in [1.165, 1.54) is 0 Å². The molecule has 2 aromatic carbocycles. The second-order valence-electron chi connectivity index (χ2n) is 6.08. The van der Waals surface area contributed by atoms with Crippen LogP contribution in [-0.4, -0.2) is 18.7 Å². The van der Waals surface area contributed by atoms with Crippen molar-refractivity contribution >= 4 is 17.2 Å². The Morgan fingerprint density at radius 1 is 1.12 bits per heavy atom. The summed E-state index contributed by atoms with van der Waals surface area (Å²) in [6, 6.07) is 18.2. The Kier molecular flexibility index (Phi) is 3.80. The Balaban J connectivity index is 1.79. The second-order valence-corrected chi connectivity index (χ2v) is 6.08. The maximum atomic E-state index is 12.5. The molecule has 2 atom stereocenters. The van der Waals surface area contributed by atoms with Crippen molar-refractivity contribution in [3.8, 4) is 0 Å². The lowest BCUT2D eigenvalue weighted by atomic mass is 9.90. The van der Waals surface area contributed by atoms with Crippen LogP contribution in [0, 0.1) is 5.92 Å². The van der Waals surface area contributed by atoms with Crippen molar-refractivity contribution in [2.45, 2.75) is 12.7 Å². The first kappa shape index (κ1) is 14.9. The van der Waals surface area contributed by atoms with E-state index in [1.54, 1.807) is 0 Å². The minimum Gasteiger partial charge on any atom is -0.343 e. The number of para-hydroxylation sites is 1. The molecule has 2 aliphatic heterocycles. The average molecular weight is 320 g/mol. The summed E-state index contributed by atoms with van der Waals surface area (Å²) < 4.78 is 0. The van der Waals surface area contributed by atoms with Gasteiger partial charge in [0, 0.05) is 18.4 Å². The molecule has 2 unspecified atom stereocenters. The first-order valence-electron chi connectivity index (χ1n) is 8.13. The van der Waals surface area contributed by atoms with Gasteiger partial charge in [0.1, 0.15) is 6.17 Å². The number of rotatable bonds is 3. The van der Waals surface area contributed by atoms with Crippen LogP contribution in [0.15, 0.2) is 60.8 Å². The third-order valence-electron chi connectivity index (χ3n) is 4.64. The highest BCUT2D eigenvalue weighted by molar-refractivity contribution is 5.96. The van der Waals surface area contributed by atoms with Crippen molar-refractivity contribution in [2.75, 3.05) is 11.6 Å². The molecule has 0 bridgehead atoms. The summed E-state index contributed by atoms with van der Waals surface area (Å²) in [6.07, 6.45) is 2.01. The molecular formula is C19H20N4O. The van der Waals surface area contributed by atoms with Crippen molar-refractivity contribution in [1.29, 1.82) is 0 Å². The zero-order chi connectivity index (χ0) is 16.5. The largest absolute Gasteiger partial charge is 0.343 e. The van der Waals surface area contributed by atoms with Gasteiger partial charge in [0.2, 0.25) is 5.91 Å². The van der Waals surface area contributed by atoms with Crippen molar-refractivity contribution in [1.82, 2.24) is 10.6 Å². The van der Waals surface area contributed by atoms with E-state index in [4.69, 9.17) is 5.73 Å². The average Bonchev–Trinajstić information content (AvgIpc) is 3.04. The zero-order valence-electron chi connectivity index (χ0n) is 13.3. The van der Waals surface area contributed by atoms with Crippen LogP contribution in [0.2, 0.25) is 0 Å². The van der Waals surface area contributed by atoms with E-state index in [0.717, 1.165) is 22.4 Å². The van der Waals surface area contributed by atoms with E-state index in [1.807, 2.05) is 36.4 Å². The number of fused-ring (bicyclic) bond motifs is 1. The van der Waals surface area contributed by atoms with Crippen molar-refractivity contribution in [3.63, 3.8) is 0 Å². The maximum absolute atomic E-state index is 12.5. The zero-order valence-corrected chi connectivity index (χ0v) is 13.3. The number of nitrogens with zero attached hydrogens (tertiary/aromatic N) is 1. The van der Waals surface area contributed by atoms with Crippen molar-refractivity contribution < 1.29 is 4.79 Å². The standard InChI is InChI=1S/C19H20N4O/c20-10-13-5-4-6-14(9-13)16-11-23(15-7-2-1-3-8-15)18-17(16)19(24)22-12-21-18/h1-9,11,17-18,21H,10,12,20H2,(H,22,24). The summed E-state index contributed by atoms with van der Waals surface area (Å²) in [7, 11) is 0. The van der Waals surface area contributed by atoms with Gasteiger partial charge in [-0.1, -0.05) is 42.5 Å². The molecule has 0 saturated carbocycles. The third-order valence-corrected chi connectivity index (χ3v) is 4.64. The molecule has 2 aliphatic rings. The highest BCUT2D eigenvalue weighted by Crippen LogP contribution is 2.38. The van der Waals surface area contributed by atoms with Gasteiger partial charge < -0.3 is 16.0 Å². The molecule has 2 aromatic rings.